The normalized spacial score (nSPS) is 10.2. The summed E-state index contributed by atoms with van der Waals surface area (Å²) in [6, 6.07) is 5.49. The van der Waals surface area contributed by atoms with Crippen molar-refractivity contribution in [3.8, 4) is 5.75 Å². The van der Waals surface area contributed by atoms with E-state index in [1.54, 1.807) is 6.92 Å². The van der Waals surface area contributed by atoms with E-state index < -0.39 is 16.5 Å². The summed E-state index contributed by atoms with van der Waals surface area (Å²) in [4.78, 5) is 26.0. The number of carbonyl (C=O) groups excluding carboxylic acids is 1. The summed E-state index contributed by atoms with van der Waals surface area (Å²) in [5.41, 5.74) is 0.423. The van der Waals surface area contributed by atoms with Gasteiger partial charge in [-0.2, -0.15) is 0 Å². The Morgan fingerprint density at radius 2 is 2.14 bits per heavy atom. The molecule has 0 aliphatic rings. The molecule has 108 valence electrons. The van der Waals surface area contributed by atoms with Crippen LogP contribution in [0.25, 0.3) is 0 Å². The van der Waals surface area contributed by atoms with Crippen molar-refractivity contribution in [2.75, 3.05) is 5.32 Å². The van der Waals surface area contributed by atoms with Crippen LogP contribution in [0.2, 0.25) is 5.15 Å². The third-order valence-corrected chi connectivity index (χ3v) is 2.96. The number of hydrogen-bond donors (Lipinski definition) is 2. The Kier molecular flexibility index (Phi) is 4.04. The van der Waals surface area contributed by atoms with Gasteiger partial charge in [-0.3, -0.25) is 14.9 Å². The number of benzene rings is 1. The first-order chi connectivity index (χ1) is 9.88. The first kappa shape index (κ1) is 14.7. The SMILES string of the molecule is Cc1cc(O)ccc1NC(=O)c1cc(Cl)ncc1[N+](=O)[O-]. The lowest BCUT2D eigenvalue weighted by atomic mass is 10.1. The number of nitrogens with one attached hydrogen (secondary N) is 1. The van der Waals surface area contributed by atoms with Crippen LogP contribution in [-0.2, 0) is 0 Å². The quantitative estimate of drug-likeness (QED) is 0.392. The fourth-order valence-corrected chi connectivity index (χ4v) is 1.89. The van der Waals surface area contributed by atoms with Crippen molar-refractivity contribution < 1.29 is 14.8 Å². The Labute approximate surface area is 124 Å². The molecule has 0 radical (unpaired) electrons. The fraction of sp³-hybridized carbons (Fsp3) is 0.0769. The molecule has 1 aromatic carbocycles. The highest BCUT2D eigenvalue weighted by atomic mass is 35.5. The number of phenols is 1. The number of nitrogens with zero attached hydrogens (tertiary/aromatic N) is 2. The zero-order valence-corrected chi connectivity index (χ0v) is 11.6. The van der Waals surface area contributed by atoms with Gasteiger partial charge < -0.3 is 10.4 Å². The minimum absolute atomic E-state index is 0.0202. The number of carbonyl (C=O) groups is 1. The Morgan fingerprint density at radius 1 is 1.43 bits per heavy atom. The molecule has 1 heterocycles. The van der Waals surface area contributed by atoms with E-state index in [4.69, 9.17) is 11.6 Å². The second kappa shape index (κ2) is 5.76. The molecule has 0 saturated carbocycles. The van der Waals surface area contributed by atoms with Gasteiger partial charge in [0.1, 0.15) is 22.7 Å². The lowest BCUT2D eigenvalue weighted by Crippen LogP contribution is -2.15. The zero-order valence-electron chi connectivity index (χ0n) is 10.8. The molecule has 21 heavy (non-hydrogen) atoms. The van der Waals surface area contributed by atoms with Gasteiger partial charge in [-0.15, -0.1) is 0 Å². The highest BCUT2D eigenvalue weighted by molar-refractivity contribution is 6.30. The monoisotopic (exact) mass is 307 g/mol. The van der Waals surface area contributed by atoms with Crippen LogP contribution in [0, 0.1) is 17.0 Å². The number of amides is 1. The number of hydrogen-bond acceptors (Lipinski definition) is 5. The third-order valence-electron chi connectivity index (χ3n) is 2.75. The lowest BCUT2D eigenvalue weighted by molar-refractivity contribution is -0.385. The predicted molar refractivity (Wildman–Crippen MR) is 76.7 cm³/mol. The smallest absolute Gasteiger partial charge is 0.300 e. The topological polar surface area (TPSA) is 105 Å². The van der Waals surface area contributed by atoms with Gasteiger partial charge in [0.15, 0.2) is 0 Å². The van der Waals surface area contributed by atoms with E-state index in [1.165, 1.54) is 18.2 Å². The molecule has 1 amide bonds. The fourth-order valence-electron chi connectivity index (χ4n) is 1.73. The highest BCUT2D eigenvalue weighted by Gasteiger charge is 2.21. The molecule has 0 atom stereocenters. The van der Waals surface area contributed by atoms with E-state index >= 15 is 0 Å². The van der Waals surface area contributed by atoms with Crippen LogP contribution in [0.5, 0.6) is 5.75 Å². The van der Waals surface area contributed by atoms with Crippen molar-refractivity contribution in [1.29, 1.82) is 0 Å². The van der Waals surface area contributed by atoms with Crippen LogP contribution in [0.15, 0.2) is 30.5 Å². The minimum Gasteiger partial charge on any atom is -0.508 e. The second-order valence-corrected chi connectivity index (χ2v) is 4.62. The summed E-state index contributed by atoms with van der Waals surface area (Å²) in [5, 5.41) is 22.7. The van der Waals surface area contributed by atoms with Crippen molar-refractivity contribution >= 4 is 28.9 Å². The molecule has 0 saturated heterocycles. The second-order valence-electron chi connectivity index (χ2n) is 4.23. The number of pyridine rings is 1. The molecule has 1 aromatic heterocycles. The van der Waals surface area contributed by atoms with Crippen molar-refractivity contribution in [1.82, 2.24) is 4.98 Å². The molecule has 8 heteroatoms. The summed E-state index contributed by atoms with van der Waals surface area (Å²) < 4.78 is 0. The average Bonchev–Trinajstić information content (AvgIpc) is 2.41. The molecule has 0 aliphatic heterocycles. The van der Waals surface area contributed by atoms with E-state index in [2.05, 4.69) is 10.3 Å². The molecule has 2 rings (SSSR count). The number of aromatic nitrogens is 1. The molecule has 0 unspecified atom stereocenters. The number of anilines is 1. The number of aryl methyl sites for hydroxylation is 1. The van der Waals surface area contributed by atoms with Crippen LogP contribution in [0.1, 0.15) is 15.9 Å². The van der Waals surface area contributed by atoms with Gasteiger partial charge in [-0.1, -0.05) is 11.6 Å². The number of rotatable bonds is 3. The lowest BCUT2D eigenvalue weighted by Gasteiger charge is -2.09. The zero-order chi connectivity index (χ0) is 15.6. The molecule has 0 spiro atoms. The molecule has 0 bridgehead atoms. The Bertz CT molecular complexity index is 733. The first-order valence-corrected chi connectivity index (χ1v) is 6.17. The van der Waals surface area contributed by atoms with E-state index in [0.29, 0.717) is 11.3 Å². The highest BCUT2D eigenvalue weighted by Crippen LogP contribution is 2.24. The molecular weight excluding hydrogens is 298 g/mol. The van der Waals surface area contributed by atoms with Gasteiger partial charge in [0, 0.05) is 5.69 Å². The van der Waals surface area contributed by atoms with E-state index in [1.807, 2.05) is 0 Å². The Balaban J connectivity index is 2.36. The summed E-state index contributed by atoms with van der Waals surface area (Å²) in [6.45, 7) is 1.68. The van der Waals surface area contributed by atoms with Crippen LogP contribution >= 0.6 is 11.6 Å². The molecule has 2 aromatic rings. The van der Waals surface area contributed by atoms with Gasteiger partial charge in [0.25, 0.3) is 11.6 Å². The number of halogens is 1. The number of phenolic OH excluding ortho intramolecular Hbond substituents is 1. The van der Waals surface area contributed by atoms with Crippen molar-refractivity contribution in [2.24, 2.45) is 0 Å². The Hall–Kier alpha value is -2.67. The van der Waals surface area contributed by atoms with Crippen molar-refractivity contribution in [3.05, 3.63) is 56.9 Å². The maximum atomic E-state index is 12.2. The maximum absolute atomic E-state index is 12.2. The standard InChI is InChI=1S/C13H10ClN3O4/c1-7-4-8(18)2-3-10(7)16-13(19)9-5-12(14)15-6-11(9)17(20)21/h2-6,18H,1H3,(H,16,19). The van der Waals surface area contributed by atoms with E-state index in [9.17, 15) is 20.0 Å². The molecular formula is C13H10ClN3O4. The number of nitro groups is 1. The van der Waals surface area contributed by atoms with Crippen molar-refractivity contribution in [2.45, 2.75) is 6.92 Å². The summed E-state index contributed by atoms with van der Waals surface area (Å²) >= 11 is 5.67. The van der Waals surface area contributed by atoms with Gasteiger partial charge >= 0.3 is 0 Å². The molecule has 2 N–H and O–H groups in total. The van der Waals surface area contributed by atoms with E-state index in [-0.39, 0.29) is 16.5 Å². The summed E-state index contributed by atoms with van der Waals surface area (Å²) in [7, 11) is 0. The summed E-state index contributed by atoms with van der Waals surface area (Å²) in [5.74, 6) is -0.622. The van der Waals surface area contributed by atoms with Crippen LogP contribution in [-0.4, -0.2) is 20.9 Å². The van der Waals surface area contributed by atoms with Crippen LogP contribution in [0.4, 0.5) is 11.4 Å². The molecule has 0 fully saturated rings. The summed E-state index contributed by atoms with van der Waals surface area (Å²) in [6.07, 6.45) is 0.931. The third kappa shape index (κ3) is 3.26. The Morgan fingerprint density at radius 3 is 2.76 bits per heavy atom. The van der Waals surface area contributed by atoms with Gasteiger partial charge in [-0.05, 0) is 36.8 Å². The number of aromatic hydroxyl groups is 1. The molecule has 0 aliphatic carbocycles. The average molecular weight is 308 g/mol. The van der Waals surface area contributed by atoms with E-state index in [0.717, 1.165) is 12.3 Å². The van der Waals surface area contributed by atoms with Crippen LogP contribution in [0.3, 0.4) is 0 Å². The van der Waals surface area contributed by atoms with Crippen LogP contribution < -0.4 is 5.32 Å². The van der Waals surface area contributed by atoms with Crippen molar-refractivity contribution in [3.63, 3.8) is 0 Å². The first-order valence-electron chi connectivity index (χ1n) is 5.79. The van der Waals surface area contributed by atoms with Gasteiger partial charge in [0.05, 0.1) is 4.92 Å². The molecule has 7 nitrogen and oxygen atoms in total. The predicted octanol–water partition coefficient (Wildman–Crippen LogP) is 2.91. The van der Waals surface area contributed by atoms with Gasteiger partial charge in [-0.25, -0.2) is 4.98 Å². The maximum Gasteiger partial charge on any atom is 0.300 e. The minimum atomic E-state index is -0.706. The van der Waals surface area contributed by atoms with Gasteiger partial charge in [0.2, 0.25) is 0 Å². The largest absolute Gasteiger partial charge is 0.508 e.